The summed E-state index contributed by atoms with van der Waals surface area (Å²) in [6, 6.07) is 6.99. The van der Waals surface area contributed by atoms with Gasteiger partial charge in [0.15, 0.2) is 5.76 Å². The number of rotatable bonds is 4. The average Bonchev–Trinajstić information content (AvgIpc) is 2.86. The van der Waals surface area contributed by atoms with Crippen molar-refractivity contribution in [3.05, 3.63) is 53.7 Å². The van der Waals surface area contributed by atoms with Crippen molar-refractivity contribution in [2.45, 2.75) is 13.1 Å². The number of nitrogens with zero attached hydrogens (tertiary/aromatic N) is 1. The smallest absolute Gasteiger partial charge is 0.287 e. The predicted octanol–water partition coefficient (Wildman–Crippen LogP) is 1.06. The third-order valence-electron chi connectivity index (χ3n) is 2.29. The fourth-order valence-corrected chi connectivity index (χ4v) is 1.38. The minimum absolute atomic E-state index is 0.249. The molecule has 0 unspecified atom stereocenters. The molecule has 0 fully saturated rings. The molecule has 88 valence electrons. The summed E-state index contributed by atoms with van der Waals surface area (Å²) in [6.45, 7) is 0.734. The first-order valence-corrected chi connectivity index (χ1v) is 5.25. The molecule has 0 aliphatic rings. The number of furan rings is 1. The predicted molar refractivity (Wildman–Crippen MR) is 62.0 cm³/mol. The largest absolute Gasteiger partial charge is 0.455 e. The van der Waals surface area contributed by atoms with E-state index in [1.807, 2.05) is 12.1 Å². The van der Waals surface area contributed by atoms with Gasteiger partial charge in [0.25, 0.3) is 5.91 Å². The quantitative estimate of drug-likeness (QED) is 0.824. The van der Waals surface area contributed by atoms with Gasteiger partial charge in [-0.05, 0) is 29.8 Å². The first kappa shape index (κ1) is 11.3. The van der Waals surface area contributed by atoms with Crippen LogP contribution in [0, 0.1) is 0 Å². The summed E-state index contributed by atoms with van der Waals surface area (Å²) >= 11 is 0. The summed E-state index contributed by atoms with van der Waals surface area (Å²) in [7, 11) is 0. The van der Waals surface area contributed by atoms with Crippen LogP contribution >= 0.6 is 0 Å². The Bertz CT molecular complexity index is 493. The highest BCUT2D eigenvalue weighted by Crippen LogP contribution is 2.07. The highest BCUT2D eigenvalue weighted by atomic mass is 16.4. The molecule has 0 bridgehead atoms. The van der Waals surface area contributed by atoms with E-state index in [1.165, 1.54) is 0 Å². The maximum atomic E-state index is 11.7. The number of hydrogen-bond donors (Lipinski definition) is 2. The van der Waals surface area contributed by atoms with Crippen LogP contribution in [0.3, 0.4) is 0 Å². The molecule has 0 aromatic carbocycles. The van der Waals surface area contributed by atoms with Crippen LogP contribution in [0.1, 0.15) is 21.9 Å². The Balaban J connectivity index is 1.93. The first-order valence-electron chi connectivity index (χ1n) is 5.25. The monoisotopic (exact) mass is 231 g/mol. The van der Waals surface area contributed by atoms with Crippen LogP contribution < -0.4 is 11.1 Å². The number of nitrogens with two attached hydrogens (primary N) is 1. The Kier molecular flexibility index (Phi) is 3.52. The Hall–Kier alpha value is -2.14. The fraction of sp³-hybridized carbons (Fsp3) is 0.167. The lowest BCUT2D eigenvalue weighted by Gasteiger charge is -2.02. The number of nitrogens with one attached hydrogen (secondary N) is 1. The van der Waals surface area contributed by atoms with Crippen LogP contribution in [0.4, 0.5) is 0 Å². The van der Waals surface area contributed by atoms with Gasteiger partial charge in [-0.15, -0.1) is 0 Å². The van der Waals surface area contributed by atoms with Gasteiger partial charge in [0.05, 0.1) is 6.54 Å². The van der Waals surface area contributed by atoms with Crippen molar-refractivity contribution >= 4 is 5.91 Å². The zero-order valence-electron chi connectivity index (χ0n) is 9.22. The van der Waals surface area contributed by atoms with E-state index in [4.69, 9.17) is 10.2 Å². The van der Waals surface area contributed by atoms with Crippen LogP contribution in [0.2, 0.25) is 0 Å². The summed E-state index contributed by atoms with van der Waals surface area (Å²) in [5.74, 6) is 0.625. The lowest BCUT2D eigenvalue weighted by molar-refractivity contribution is 0.0921. The van der Waals surface area contributed by atoms with Gasteiger partial charge >= 0.3 is 0 Å². The molecule has 17 heavy (non-hydrogen) atoms. The summed E-state index contributed by atoms with van der Waals surface area (Å²) in [4.78, 5) is 15.6. The molecule has 2 heterocycles. The second-order valence-corrected chi connectivity index (χ2v) is 3.51. The highest BCUT2D eigenvalue weighted by Gasteiger charge is 2.09. The van der Waals surface area contributed by atoms with Gasteiger partial charge in [0.1, 0.15) is 5.76 Å². The summed E-state index contributed by atoms with van der Waals surface area (Å²) < 4.78 is 5.23. The topological polar surface area (TPSA) is 81.2 Å². The van der Waals surface area contributed by atoms with Crippen molar-refractivity contribution in [1.82, 2.24) is 10.3 Å². The van der Waals surface area contributed by atoms with Gasteiger partial charge in [-0.25, -0.2) is 0 Å². The van der Waals surface area contributed by atoms with E-state index in [2.05, 4.69) is 10.3 Å². The van der Waals surface area contributed by atoms with Gasteiger partial charge < -0.3 is 15.5 Å². The van der Waals surface area contributed by atoms with Crippen molar-refractivity contribution in [3.63, 3.8) is 0 Å². The average molecular weight is 231 g/mol. The van der Waals surface area contributed by atoms with Gasteiger partial charge in [-0.1, -0.05) is 0 Å². The second-order valence-electron chi connectivity index (χ2n) is 3.51. The van der Waals surface area contributed by atoms with Crippen molar-refractivity contribution in [2.75, 3.05) is 0 Å². The van der Waals surface area contributed by atoms with Gasteiger partial charge in [0, 0.05) is 18.9 Å². The Morgan fingerprint density at radius 2 is 2.06 bits per heavy atom. The maximum Gasteiger partial charge on any atom is 0.287 e. The summed E-state index contributed by atoms with van der Waals surface area (Å²) in [6.07, 6.45) is 3.36. The number of amides is 1. The van der Waals surface area contributed by atoms with E-state index < -0.39 is 0 Å². The van der Waals surface area contributed by atoms with E-state index in [-0.39, 0.29) is 18.2 Å². The number of hydrogen-bond acceptors (Lipinski definition) is 4. The van der Waals surface area contributed by atoms with Crippen molar-refractivity contribution < 1.29 is 9.21 Å². The highest BCUT2D eigenvalue weighted by molar-refractivity contribution is 5.91. The molecule has 0 radical (unpaired) electrons. The van der Waals surface area contributed by atoms with E-state index in [0.717, 1.165) is 5.56 Å². The van der Waals surface area contributed by atoms with E-state index >= 15 is 0 Å². The minimum atomic E-state index is -0.249. The Morgan fingerprint density at radius 1 is 1.29 bits per heavy atom. The lowest BCUT2D eigenvalue weighted by Crippen LogP contribution is -2.22. The Morgan fingerprint density at radius 3 is 2.71 bits per heavy atom. The molecule has 0 aliphatic heterocycles. The number of aromatic nitrogens is 1. The zero-order chi connectivity index (χ0) is 12.1. The maximum absolute atomic E-state index is 11.7. The van der Waals surface area contributed by atoms with E-state index in [0.29, 0.717) is 12.3 Å². The third-order valence-corrected chi connectivity index (χ3v) is 2.29. The Labute approximate surface area is 98.6 Å². The standard InChI is InChI=1S/C12H13N3O2/c13-7-10-1-2-11(17-10)12(16)15-8-9-3-5-14-6-4-9/h1-6H,7-8,13H2,(H,15,16). The molecule has 2 rings (SSSR count). The summed E-state index contributed by atoms with van der Waals surface area (Å²) in [5, 5.41) is 2.75. The van der Waals surface area contributed by atoms with Crippen LogP contribution in [0.5, 0.6) is 0 Å². The molecule has 0 atom stereocenters. The first-order chi connectivity index (χ1) is 8.29. The zero-order valence-corrected chi connectivity index (χ0v) is 9.22. The molecular formula is C12H13N3O2. The summed E-state index contributed by atoms with van der Waals surface area (Å²) in [5.41, 5.74) is 6.38. The van der Waals surface area contributed by atoms with Gasteiger partial charge in [-0.2, -0.15) is 0 Å². The van der Waals surface area contributed by atoms with Gasteiger partial charge in [-0.3, -0.25) is 9.78 Å². The van der Waals surface area contributed by atoms with E-state index in [9.17, 15) is 4.79 Å². The molecular weight excluding hydrogens is 218 g/mol. The normalized spacial score (nSPS) is 10.2. The number of pyridine rings is 1. The van der Waals surface area contributed by atoms with Crippen LogP contribution in [0.25, 0.3) is 0 Å². The fourth-order valence-electron chi connectivity index (χ4n) is 1.38. The SMILES string of the molecule is NCc1ccc(C(=O)NCc2ccncc2)o1. The van der Waals surface area contributed by atoms with Crippen molar-refractivity contribution in [3.8, 4) is 0 Å². The van der Waals surface area contributed by atoms with E-state index in [1.54, 1.807) is 24.5 Å². The molecule has 3 N–H and O–H groups in total. The van der Waals surface area contributed by atoms with Crippen LogP contribution in [-0.2, 0) is 13.1 Å². The van der Waals surface area contributed by atoms with Gasteiger partial charge in [0.2, 0.25) is 0 Å². The molecule has 0 aliphatic carbocycles. The molecule has 2 aromatic heterocycles. The molecule has 5 heteroatoms. The van der Waals surface area contributed by atoms with Crippen molar-refractivity contribution in [2.24, 2.45) is 5.73 Å². The molecule has 5 nitrogen and oxygen atoms in total. The lowest BCUT2D eigenvalue weighted by atomic mass is 10.2. The second kappa shape index (κ2) is 5.27. The van der Waals surface area contributed by atoms with Crippen molar-refractivity contribution in [1.29, 1.82) is 0 Å². The number of carbonyl (C=O) groups is 1. The third kappa shape index (κ3) is 2.92. The number of carbonyl (C=O) groups excluding carboxylic acids is 1. The molecule has 0 saturated carbocycles. The molecule has 1 amide bonds. The molecule has 2 aromatic rings. The van der Waals surface area contributed by atoms with Crippen LogP contribution in [-0.4, -0.2) is 10.9 Å². The molecule has 0 spiro atoms. The molecule has 0 saturated heterocycles. The minimum Gasteiger partial charge on any atom is -0.455 e. The van der Waals surface area contributed by atoms with Crippen LogP contribution in [0.15, 0.2) is 41.1 Å².